The van der Waals surface area contributed by atoms with Gasteiger partial charge in [0.05, 0.1) is 12.6 Å². The minimum Gasteiger partial charge on any atom is -0.384 e. The zero-order valence-corrected chi connectivity index (χ0v) is 9.95. The largest absolute Gasteiger partial charge is 0.384 e. The van der Waals surface area contributed by atoms with E-state index in [4.69, 9.17) is 16.8 Å². The van der Waals surface area contributed by atoms with Gasteiger partial charge < -0.3 is 10.6 Å². The molecule has 6 N–H and O–H groups in total. The summed E-state index contributed by atoms with van der Waals surface area (Å²) in [5.41, 5.74) is 7.79. The second-order valence-electron chi connectivity index (χ2n) is 3.93. The van der Waals surface area contributed by atoms with Gasteiger partial charge >= 0.3 is 0 Å². The zero-order valence-electron chi connectivity index (χ0n) is 9.95. The molecule has 0 bridgehead atoms. The average molecular weight is 258 g/mol. The molecule has 18 heavy (non-hydrogen) atoms. The summed E-state index contributed by atoms with van der Waals surface area (Å²) in [7, 11) is 0. The van der Waals surface area contributed by atoms with E-state index in [9.17, 15) is 9.59 Å². The van der Waals surface area contributed by atoms with Crippen molar-refractivity contribution in [3.63, 3.8) is 0 Å². The van der Waals surface area contributed by atoms with E-state index in [1.807, 2.05) is 0 Å². The summed E-state index contributed by atoms with van der Waals surface area (Å²) in [4.78, 5) is 23.7. The van der Waals surface area contributed by atoms with Crippen molar-refractivity contribution in [1.29, 1.82) is 0 Å². The molecule has 0 aliphatic carbocycles. The molecule has 9 nitrogen and oxygen atoms in total. The summed E-state index contributed by atoms with van der Waals surface area (Å²) in [6.45, 7) is 0.536. The van der Waals surface area contributed by atoms with Gasteiger partial charge in [0.15, 0.2) is 0 Å². The summed E-state index contributed by atoms with van der Waals surface area (Å²) >= 11 is 0. The number of likely N-dealkylation sites (tertiary alicyclic amines) is 1. The molecular formula is C9H18N6O3. The van der Waals surface area contributed by atoms with Crippen LogP contribution in [0.4, 0.5) is 0 Å². The predicted octanol–water partition coefficient (Wildman–Crippen LogP) is -2.05. The molecule has 102 valence electrons. The molecule has 1 fully saturated rings. The Balaban J connectivity index is 2.55. The van der Waals surface area contributed by atoms with Crippen molar-refractivity contribution in [1.82, 2.24) is 15.5 Å². The van der Waals surface area contributed by atoms with Gasteiger partial charge in [-0.15, -0.1) is 5.10 Å². The molecule has 2 amide bonds. The molecule has 1 aliphatic rings. The quantitative estimate of drug-likeness (QED) is 0.108. The summed E-state index contributed by atoms with van der Waals surface area (Å²) in [6.07, 6.45) is 1.84. The number of amidine groups is 1. The Bertz CT molecular complexity index is 334. The van der Waals surface area contributed by atoms with Gasteiger partial charge in [-0.3, -0.25) is 14.8 Å². The minimum absolute atomic E-state index is 0.0368. The van der Waals surface area contributed by atoms with Crippen molar-refractivity contribution in [3.8, 4) is 0 Å². The number of hydrazine groups is 1. The highest BCUT2D eigenvalue weighted by molar-refractivity contribution is 5.90. The van der Waals surface area contributed by atoms with E-state index >= 15 is 0 Å². The number of carbonyl (C=O) groups is 2. The van der Waals surface area contributed by atoms with Gasteiger partial charge in [0.2, 0.25) is 12.3 Å². The summed E-state index contributed by atoms with van der Waals surface area (Å²) in [6, 6.07) is -0.281. The fourth-order valence-corrected chi connectivity index (χ4v) is 1.93. The van der Waals surface area contributed by atoms with Crippen LogP contribution in [0, 0.1) is 0 Å². The molecule has 0 aromatic heterocycles. The van der Waals surface area contributed by atoms with E-state index in [0.717, 1.165) is 12.8 Å². The molecule has 9 heteroatoms. The third kappa shape index (κ3) is 3.57. The molecule has 1 saturated heterocycles. The Morgan fingerprint density at radius 3 is 3.00 bits per heavy atom. The van der Waals surface area contributed by atoms with Crippen LogP contribution in [0.15, 0.2) is 5.10 Å². The molecule has 1 unspecified atom stereocenters. The second kappa shape index (κ2) is 6.77. The van der Waals surface area contributed by atoms with Gasteiger partial charge in [-0.2, -0.15) is 0 Å². The molecular weight excluding hydrogens is 240 g/mol. The highest BCUT2D eigenvalue weighted by Crippen LogP contribution is 2.18. The number of carbonyl (C=O) groups excluding carboxylic acids is 2. The van der Waals surface area contributed by atoms with Gasteiger partial charge in [0.1, 0.15) is 5.84 Å². The number of nitrogens with zero attached hydrogens (tertiary/aromatic N) is 3. The van der Waals surface area contributed by atoms with Crippen LogP contribution < -0.4 is 17.1 Å². The molecule has 0 aromatic rings. The van der Waals surface area contributed by atoms with Crippen molar-refractivity contribution >= 4 is 18.2 Å². The second-order valence-corrected chi connectivity index (χ2v) is 3.93. The SMILES string of the molecule is NN/N=C(\N)C1CCCN1C(=O)CCN(O)C=O. The smallest absolute Gasteiger partial charge is 0.233 e. The molecule has 0 aromatic carbocycles. The van der Waals surface area contributed by atoms with Gasteiger partial charge in [-0.05, 0) is 12.8 Å². The lowest BCUT2D eigenvalue weighted by molar-refractivity contribution is -0.152. The van der Waals surface area contributed by atoms with Crippen molar-refractivity contribution in [2.75, 3.05) is 13.1 Å². The number of hydrogen-bond acceptors (Lipinski definition) is 6. The number of nitrogens with two attached hydrogens (primary N) is 2. The lowest BCUT2D eigenvalue weighted by Crippen LogP contribution is -2.45. The fourth-order valence-electron chi connectivity index (χ4n) is 1.93. The first kappa shape index (κ1) is 14.2. The standard InChI is InChI=1S/C9H18N6O3/c10-9(12-13-11)7-2-1-4-15(7)8(17)3-5-14(18)6-16/h6-7,13,18H,1-5,11H2,(H2,10,12). The van der Waals surface area contributed by atoms with Crippen molar-refractivity contribution in [2.45, 2.75) is 25.3 Å². The molecule has 1 atom stereocenters. The summed E-state index contributed by atoms with van der Waals surface area (Å²) < 4.78 is 0. The molecule has 0 spiro atoms. The highest BCUT2D eigenvalue weighted by atomic mass is 16.5. The maximum atomic E-state index is 11.9. The van der Waals surface area contributed by atoms with Crippen LogP contribution in [0.2, 0.25) is 0 Å². The van der Waals surface area contributed by atoms with E-state index in [2.05, 4.69) is 10.6 Å². The lowest BCUT2D eigenvalue weighted by atomic mass is 10.2. The first-order valence-electron chi connectivity index (χ1n) is 5.59. The van der Waals surface area contributed by atoms with E-state index in [0.29, 0.717) is 11.6 Å². The van der Waals surface area contributed by atoms with Crippen molar-refractivity contribution in [3.05, 3.63) is 0 Å². The van der Waals surface area contributed by atoms with Crippen LogP contribution in [0.1, 0.15) is 19.3 Å². The number of nitrogens with one attached hydrogen (secondary N) is 1. The van der Waals surface area contributed by atoms with E-state index in [-0.39, 0.29) is 37.2 Å². The Morgan fingerprint density at radius 1 is 1.67 bits per heavy atom. The van der Waals surface area contributed by atoms with Crippen molar-refractivity contribution < 1.29 is 14.8 Å². The summed E-state index contributed by atoms with van der Waals surface area (Å²) in [5, 5.41) is 13.0. The minimum atomic E-state index is -0.281. The number of hydroxylamine groups is 2. The maximum Gasteiger partial charge on any atom is 0.233 e. The Morgan fingerprint density at radius 2 is 2.39 bits per heavy atom. The highest BCUT2D eigenvalue weighted by Gasteiger charge is 2.31. The van der Waals surface area contributed by atoms with Gasteiger partial charge in [-0.1, -0.05) is 0 Å². The van der Waals surface area contributed by atoms with Crippen LogP contribution in [-0.2, 0) is 9.59 Å². The van der Waals surface area contributed by atoms with E-state index in [1.54, 1.807) is 4.90 Å². The third-order valence-electron chi connectivity index (χ3n) is 2.78. The lowest BCUT2D eigenvalue weighted by Gasteiger charge is -2.24. The van der Waals surface area contributed by atoms with Gasteiger partial charge in [-0.25, -0.2) is 16.4 Å². The first-order chi connectivity index (χ1) is 8.60. The molecule has 1 rings (SSSR count). The molecule has 1 aliphatic heterocycles. The number of amides is 2. The Labute approximate surface area is 104 Å². The number of hydrazone groups is 1. The maximum absolute atomic E-state index is 11.9. The molecule has 1 heterocycles. The Hall–Kier alpha value is -1.87. The fraction of sp³-hybridized carbons (Fsp3) is 0.667. The third-order valence-corrected chi connectivity index (χ3v) is 2.78. The predicted molar refractivity (Wildman–Crippen MR) is 62.9 cm³/mol. The van der Waals surface area contributed by atoms with E-state index in [1.165, 1.54) is 0 Å². The molecule has 0 saturated carbocycles. The van der Waals surface area contributed by atoms with Gasteiger partial charge in [0.25, 0.3) is 0 Å². The van der Waals surface area contributed by atoms with Crippen LogP contribution >= 0.6 is 0 Å². The Kier molecular flexibility index (Phi) is 5.33. The average Bonchev–Trinajstić information content (AvgIpc) is 2.85. The van der Waals surface area contributed by atoms with Crippen LogP contribution in [0.3, 0.4) is 0 Å². The van der Waals surface area contributed by atoms with Gasteiger partial charge in [0, 0.05) is 13.0 Å². The van der Waals surface area contributed by atoms with Crippen molar-refractivity contribution in [2.24, 2.45) is 16.7 Å². The number of hydrogen-bond donors (Lipinski definition) is 4. The van der Waals surface area contributed by atoms with Crippen LogP contribution in [0.25, 0.3) is 0 Å². The number of rotatable bonds is 6. The zero-order chi connectivity index (χ0) is 13.5. The monoisotopic (exact) mass is 258 g/mol. The van der Waals surface area contributed by atoms with E-state index < -0.39 is 0 Å². The van der Waals surface area contributed by atoms with Crippen LogP contribution in [0.5, 0.6) is 0 Å². The summed E-state index contributed by atoms with van der Waals surface area (Å²) in [5.74, 6) is 5.10. The topological polar surface area (TPSA) is 137 Å². The first-order valence-corrected chi connectivity index (χ1v) is 5.59. The normalized spacial score (nSPS) is 19.8. The molecule has 0 radical (unpaired) electrons. The van der Waals surface area contributed by atoms with Crippen LogP contribution in [-0.4, -0.2) is 52.5 Å².